The van der Waals surface area contributed by atoms with Crippen molar-refractivity contribution in [3.05, 3.63) is 83.9 Å². The SMILES string of the molecule is COc1ccccc1OCc1ccc(C(=O)Nc2ccc(N3CCN(C)CC3)cc2)cc1. The Morgan fingerprint density at radius 3 is 2.19 bits per heavy atom. The number of hydrogen-bond donors (Lipinski definition) is 1. The number of hydrogen-bond acceptors (Lipinski definition) is 5. The number of piperazine rings is 1. The van der Waals surface area contributed by atoms with Gasteiger partial charge in [0.2, 0.25) is 0 Å². The quantitative estimate of drug-likeness (QED) is 0.605. The minimum absolute atomic E-state index is 0.130. The molecule has 3 aromatic rings. The number of amides is 1. The zero-order chi connectivity index (χ0) is 22.3. The van der Waals surface area contributed by atoms with Crippen molar-refractivity contribution < 1.29 is 14.3 Å². The van der Waals surface area contributed by atoms with E-state index in [4.69, 9.17) is 9.47 Å². The number of rotatable bonds is 7. The van der Waals surface area contributed by atoms with E-state index >= 15 is 0 Å². The van der Waals surface area contributed by atoms with E-state index in [0.29, 0.717) is 23.7 Å². The minimum Gasteiger partial charge on any atom is -0.493 e. The lowest BCUT2D eigenvalue weighted by Gasteiger charge is -2.34. The summed E-state index contributed by atoms with van der Waals surface area (Å²) in [5, 5.41) is 2.97. The molecule has 1 aliphatic heterocycles. The lowest BCUT2D eigenvalue weighted by atomic mass is 10.1. The predicted octanol–water partition coefficient (Wildman–Crippen LogP) is 4.28. The van der Waals surface area contributed by atoms with Gasteiger partial charge in [-0.15, -0.1) is 0 Å². The number of benzene rings is 3. The Bertz CT molecular complexity index is 1030. The van der Waals surface area contributed by atoms with Crippen LogP contribution in [-0.2, 0) is 6.61 Å². The van der Waals surface area contributed by atoms with Crippen LogP contribution in [0.2, 0.25) is 0 Å². The first-order chi connectivity index (χ1) is 15.6. The molecule has 32 heavy (non-hydrogen) atoms. The summed E-state index contributed by atoms with van der Waals surface area (Å²) in [7, 11) is 3.77. The van der Waals surface area contributed by atoms with Crippen LogP contribution in [0.4, 0.5) is 11.4 Å². The van der Waals surface area contributed by atoms with Gasteiger partial charge in [0.05, 0.1) is 7.11 Å². The van der Waals surface area contributed by atoms with Crippen molar-refractivity contribution in [1.29, 1.82) is 0 Å². The summed E-state index contributed by atoms with van der Waals surface area (Å²) in [4.78, 5) is 17.3. The molecule has 6 heteroatoms. The maximum absolute atomic E-state index is 12.6. The van der Waals surface area contributed by atoms with Crippen molar-refractivity contribution in [3.63, 3.8) is 0 Å². The van der Waals surface area contributed by atoms with Crippen LogP contribution < -0.4 is 19.7 Å². The highest BCUT2D eigenvalue weighted by Gasteiger charge is 2.14. The summed E-state index contributed by atoms with van der Waals surface area (Å²) in [5.41, 5.74) is 3.56. The highest BCUT2D eigenvalue weighted by atomic mass is 16.5. The Balaban J connectivity index is 1.31. The van der Waals surface area contributed by atoms with Crippen LogP contribution in [0, 0.1) is 0 Å². The van der Waals surface area contributed by atoms with Gasteiger partial charge in [-0.1, -0.05) is 24.3 Å². The van der Waals surface area contributed by atoms with E-state index in [1.54, 1.807) is 7.11 Å². The summed E-state index contributed by atoms with van der Waals surface area (Å²) in [6, 6.07) is 23.0. The summed E-state index contributed by atoms with van der Waals surface area (Å²) < 4.78 is 11.1. The van der Waals surface area contributed by atoms with Crippen LogP contribution in [0.15, 0.2) is 72.8 Å². The molecule has 0 radical (unpaired) electrons. The number of ether oxygens (including phenoxy) is 2. The molecule has 3 aromatic carbocycles. The molecule has 1 saturated heterocycles. The van der Waals surface area contributed by atoms with Gasteiger partial charge in [0.1, 0.15) is 6.61 Å². The number of anilines is 2. The maximum Gasteiger partial charge on any atom is 0.255 e. The standard InChI is InChI=1S/C26H29N3O3/c1-28-15-17-29(18-16-28)23-13-11-22(12-14-23)27-26(30)21-9-7-20(8-10-21)19-32-25-6-4-3-5-24(25)31-2/h3-14H,15-19H2,1-2H3,(H,27,30). The van der Waals surface area contributed by atoms with E-state index in [0.717, 1.165) is 37.4 Å². The van der Waals surface area contributed by atoms with Crippen LogP contribution in [0.1, 0.15) is 15.9 Å². The van der Waals surface area contributed by atoms with Crippen LogP contribution in [-0.4, -0.2) is 51.1 Å². The first-order valence-electron chi connectivity index (χ1n) is 10.8. The monoisotopic (exact) mass is 431 g/mol. The lowest BCUT2D eigenvalue weighted by Crippen LogP contribution is -2.44. The van der Waals surface area contributed by atoms with Crippen molar-refractivity contribution in [2.24, 2.45) is 0 Å². The molecule has 1 aliphatic rings. The molecule has 166 valence electrons. The third-order valence-electron chi connectivity index (χ3n) is 5.67. The smallest absolute Gasteiger partial charge is 0.255 e. The molecule has 1 N–H and O–H groups in total. The average Bonchev–Trinajstić information content (AvgIpc) is 2.84. The van der Waals surface area contributed by atoms with Gasteiger partial charge in [0.25, 0.3) is 5.91 Å². The number of carbonyl (C=O) groups excluding carboxylic acids is 1. The molecular formula is C26H29N3O3. The highest BCUT2D eigenvalue weighted by molar-refractivity contribution is 6.04. The van der Waals surface area contributed by atoms with Gasteiger partial charge in [-0.3, -0.25) is 4.79 Å². The number of para-hydroxylation sites is 2. The molecule has 6 nitrogen and oxygen atoms in total. The summed E-state index contributed by atoms with van der Waals surface area (Å²) in [6.45, 7) is 4.58. The number of nitrogens with zero attached hydrogens (tertiary/aromatic N) is 2. The number of carbonyl (C=O) groups is 1. The van der Waals surface area contributed by atoms with Crippen LogP contribution >= 0.6 is 0 Å². The second kappa shape index (κ2) is 10.2. The Hall–Kier alpha value is -3.51. The van der Waals surface area contributed by atoms with Gasteiger partial charge < -0.3 is 24.6 Å². The van der Waals surface area contributed by atoms with Gasteiger partial charge in [-0.2, -0.15) is 0 Å². The fourth-order valence-electron chi connectivity index (χ4n) is 3.67. The third-order valence-corrected chi connectivity index (χ3v) is 5.67. The van der Waals surface area contributed by atoms with Crippen molar-refractivity contribution in [1.82, 2.24) is 4.90 Å². The molecule has 0 saturated carbocycles. The lowest BCUT2D eigenvalue weighted by molar-refractivity contribution is 0.102. The van der Waals surface area contributed by atoms with Crippen LogP contribution in [0.3, 0.4) is 0 Å². The van der Waals surface area contributed by atoms with E-state index in [-0.39, 0.29) is 5.91 Å². The van der Waals surface area contributed by atoms with Gasteiger partial charge in [0.15, 0.2) is 11.5 Å². The van der Waals surface area contributed by atoms with Gasteiger partial charge in [0, 0.05) is 43.1 Å². The zero-order valence-corrected chi connectivity index (χ0v) is 18.6. The molecule has 1 heterocycles. The van der Waals surface area contributed by atoms with Crippen molar-refractivity contribution in [3.8, 4) is 11.5 Å². The number of nitrogens with one attached hydrogen (secondary N) is 1. The Morgan fingerprint density at radius 1 is 0.875 bits per heavy atom. The fourth-order valence-corrected chi connectivity index (χ4v) is 3.67. The van der Waals surface area contributed by atoms with E-state index in [9.17, 15) is 4.79 Å². The van der Waals surface area contributed by atoms with Crippen molar-refractivity contribution >= 4 is 17.3 Å². The first-order valence-corrected chi connectivity index (χ1v) is 10.8. The molecule has 0 spiro atoms. The molecule has 0 bridgehead atoms. The maximum atomic E-state index is 12.6. The first kappa shape index (κ1) is 21.7. The zero-order valence-electron chi connectivity index (χ0n) is 18.6. The Kier molecular flexibility index (Phi) is 6.92. The topological polar surface area (TPSA) is 54.0 Å². The molecule has 0 aliphatic carbocycles. The van der Waals surface area contributed by atoms with Crippen molar-refractivity contribution in [2.45, 2.75) is 6.61 Å². The molecule has 1 fully saturated rings. The average molecular weight is 432 g/mol. The molecule has 1 amide bonds. The molecule has 4 rings (SSSR count). The highest BCUT2D eigenvalue weighted by Crippen LogP contribution is 2.26. The van der Waals surface area contributed by atoms with Gasteiger partial charge in [-0.25, -0.2) is 0 Å². The summed E-state index contributed by atoms with van der Waals surface area (Å²) in [5.74, 6) is 1.26. The predicted molar refractivity (Wildman–Crippen MR) is 128 cm³/mol. The van der Waals surface area contributed by atoms with Gasteiger partial charge >= 0.3 is 0 Å². The third kappa shape index (κ3) is 5.39. The second-order valence-corrected chi connectivity index (χ2v) is 7.93. The minimum atomic E-state index is -0.130. The van der Waals surface area contributed by atoms with Crippen LogP contribution in [0.5, 0.6) is 11.5 Å². The Labute approximate surface area is 189 Å². The normalized spacial score (nSPS) is 14.1. The number of likely N-dealkylation sites (N-methyl/N-ethyl adjacent to an activating group) is 1. The van der Waals surface area contributed by atoms with E-state index in [1.807, 2.05) is 60.7 Å². The van der Waals surface area contributed by atoms with E-state index in [1.165, 1.54) is 5.69 Å². The van der Waals surface area contributed by atoms with Crippen molar-refractivity contribution in [2.75, 3.05) is 50.6 Å². The molecular weight excluding hydrogens is 402 g/mol. The van der Waals surface area contributed by atoms with E-state index < -0.39 is 0 Å². The summed E-state index contributed by atoms with van der Waals surface area (Å²) in [6.07, 6.45) is 0. The molecule has 0 atom stereocenters. The summed E-state index contributed by atoms with van der Waals surface area (Å²) >= 11 is 0. The fraction of sp³-hybridized carbons (Fsp3) is 0.269. The molecule has 0 aromatic heterocycles. The molecule has 0 unspecified atom stereocenters. The second-order valence-electron chi connectivity index (χ2n) is 7.93. The van der Waals surface area contributed by atoms with E-state index in [2.05, 4.69) is 34.3 Å². The largest absolute Gasteiger partial charge is 0.493 e. The van der Waals surface area contributed by atoms with Crippen LogP contribution in [0.25, 0.3) is 0 Å². The van der Waals surface area contributed by atoms with Gasteiger partial charge in [-0.05, 0) is 61.1 Å². The number of methoxy groups -OCH3 is 1. The Morgan fingerprint density at radius 2 is 1.53 bits per heavy atom.